The Hall–Kier alpha value is -0.290. The number of hydrogen-bond donors (Lipinski definition) is 1. The number of methoxy groups -OCH3 is 1. The van der Waals surface area contributed by atoms with Gasteiger partial charge in [0.2, 0.25) is 0 Å². The van der Waals surface area contributed by atoms with Crippen molar-refractivity contribution in [1.82, 2.24) is 0 Å². The number of nitrogens with two attached hydrogens (primary N) is 1. The summed E-state index contributed by atoms with van der Waals surface area (Å²) in [5, 5.41) is 0. The maximum atomic E-state index is 11.5. The second kappa shape index (κ2) is 3.03. The summed E-state index contributed by atoms with van der Waals surface area (Å²) in [4.78, 5) is 0. The molecule has 0 spiro atoms. The van der Waals surface area contributed by atoms with Gasteiger partial charge in [-0.15, -0.1) is 0 Å². The average Bonchev–Trinajstić information content (AvgIpc) is 1.65. The van der Waals surface area contributed by atoms with Crippen molar-refractivity contribution in [3.8, 4) is 0 Å². The zero-order valence-electron chi connectivity index (χ0n) is 4.90. The average molecular weight is 143 g/mol. The Morgan fingerprint density at radius 3 is 2.00 bits per heavy atom. The van der Waals surface area contributed by atoms with Crippen LogP contribution >= 0.6 is 0 Å². The third kappa shape index (κ3) is 2.67. The summed E-state index contributed by atoms with van der Waals surface area (Å²) in [5.41, 5.74) is 4.72. The van der Waals surface area contributed by atoms with Gasteiger partial charge in [0, 0.05) is 13.7 Å². The van der Waals surface area contributed by atoms with Crippen LogP contribution in [-0.4, -0.2) is 25.9 Å². The molecule has 0 aliphatic heterocycles. The molecule has 0 fully saturated rings. The molecule has 2 N–H and O–H groups in total. The van der Waals surface area contributed by atoms with Crippen LogP contribution in [0.3, 0.4) is 0 Å². The molecule has 0 aliphatic rings. The van der Waals surface area contributed by atoms with E-state index in [-0.39, 0.29) is 0 Å². The SMILES string of the molecule is CO[C@@H](CN)C(F)(F)F. The smallest absolute Gasteiger partial charge is 0.371 e. The minimum Gasteiger partial charge on any atom is -0.371 e. The molecule has 0 saturated heterocycles. The van der Waals surface area contributed by atoms with Gasteiger partial charge in [0.25, 0.3) is 0 Å². The highest BCUT2D eigenvalue weighted by Crippen LogP contribution is 2.20. The molecular weight excluding hydrogens is 135 g/mol. The van der Waals surface area contributed by atoms with Crippen molar-refractivity contribution in [2.45, 2.75) is 12.3 Å². The lowest BCUT2D eigenvalue weighted by atomic mass is 10.3. The van der Waals surface area contributed by atoms with E-state index in [1.807, 2.05) is 0 Å². The first-order chi connectivity index (χ1) is 4.02. The van der Waals surface area contributed by atoms with Gasteiger partial charge in [0.15, 0.2) is 6.10 Å². The van der Waals surface area contributed by atoms with Crippen LogP contribution in [0.25, 0.3) is 0 Å². The highest BCUT2D eigenvalue weighted by Gasteiger charge is 2.38. The Morgan fingerprint density at radius 1 is 1.56 bits per heavy atom. The van der Waals surface area contributed by atoms with Crippen molar-refractivity contribution in [3.05, 3.63) is 0 Å². The molecule has 0 heterocycles. The molecule has 0 aromatic rings. The molecule has 0 aliphatic carbocycles. The topological polar surface area (TPSA) is 35.2 Å². The molecule has 2 nitrogen and oxygen atoms in total. The van der Waals surface area contributed by atoms with Crippen molar-refractivity contribution >= 4 is 0 Å². The van der Waals surface area contributed by atoms with Crippen LogP contribution in [0.5, 0.6) is 0 Å². The van der Waals surface area contributed by atoms with E-state index >= 15 is 0 Å². The summed E-state index contributed by atoms with van der Waals surface area (Å²) in [5.74, 6) is 0. The number of halogens is 3. The quantitative estimate of drug-likeness (QED) is 0.611. The van der Waals surface area contributed by atoms with Crippen LogP contribution in [0.15, 0.2) is 0 Å². The lowest BCUT2D eigenvalue weighted by molar-refractivity contribution is -0.208. The molecule has 0 bridgehead atoms. The van der Waals surface area contributed by atoms with Gasteiger partial charge < -0.3 is 10.5 Å². The highest BCUT2D eigenvalue weighted by molar-refractivity contribution is 4.66. The van der Waals surface area contributed by atoms with Crippen LogP contribution in [0.4, 0.5) is 13.2 Å². The van der Waals surface area contributed by atoms with Crippen LogP contribution in [0.2, 0.25) is 0 Å². The molecule has 56 valence electrons. The van der Waals surface area contributed by atoms with Gasteiger partial charge in [-0.05, 0) is 0 Å². The van der Waals surface area contributed by atoms with E-state index in [4.69, 9.17) is 5.73 Å². The van der Waals surface area contributed by atoms with E-state index in [9.17, 15) is 13.2 Å². The molecule has 0 rings (SSSR count). The fraction of sp³-hybridized carbons (Fsp3) is 1.00. The third-order valence-corrected chi connectivity index (χ3v) is 0.864. The van der Waals surface area contributed by atoms with Gasteiger partial charge in [-0.1, -0.05) is 0 Å². The summed E-state index contributed by atoms with van der Waals surface area (Å²) >= 11 is 0. The first-order valence-corrected chi connectivity index (χ1v) is 2.32. The second-order valence-electron chi connectivity index (χ2n) is 1.50. The van der Waals surface area contributed by atoms with E-state index in [2.05, 4.69) is 4.74 Å². The summed E-state index contributed by atoms with van der Waals surface area (Å²) in [6.07, 6.45) is -6.15. The first kappa shape index (κ1) is 8.71. The number of hydrogen-bond acceptors (Lipinski definition) is 2. The van der Waals surface area contributed by atoms with E-state index in [0.717, 1.165) is 7.11 Å². The van der Waals surface area contributed by atoms with Crippen molar-refractivity contribution in [2.24, 2.45) is 5.73 Å². The van der Waals surface area contributed by atoms with Gasteiger partial charge in [-0.3, -0.25) is 0 Å². The largest absolute Gasteiger partial charge is 0.415 e. The van der Waals surface area contributed by atoms with Crippen molar-refractivity contribution in [1.29, 1.82) is 0 Å². The zero-order valence-corrected chi connectivity index (χ0v) is 4.90. The fourth-order valence-corrected chi connectivity index (χ4v) is 0.363. The predicted octanol–water partition coefficient (Wildman–Crippen LogP) is 0.522. The lowest BCUT2D eigenvalue weighted by Gasteiger charge is -2.15. The molecule has 5 heteroatoms. The van der Waals surface area contributed by atoms with E-state index in [0.29, 0.717) is 0 Å². The normalized spacial score (nSPS) is 15.7. The molecule has 0 unspecified atom stereocenters. The van der Waals surface area contributed by atoms with Crippen LogP contribution in [0.1, 0.15) is 0 Å². The van der Waals surface area contributed by atoms with Crippen LogP contribution < -0.4 is 5.73 Å². The fourth-order valence-electron chi connectivity index (χ4n) is 0.363. The monoisotopic (exact) mass is 143 g/mol. The molecule has 0 aromatic heterocycles. The minimum absolute atomic E-state index is 0.528. The van der Waals surface area contributed by atoms with Gasteiger partial charge in [-0.25, -0.2) is 0 Å². The Balaban J connectivity index is 3.79. The standard InChI is InChI=1S/C4H8F3NO/c1-9-3(2-8)4(5,6)7/h3H,2,8H2,1H3/t3-/m0/s1. The first-order valence-electron chi connectivity index (χ1n) is 2.32. The Kier molecular flexibility index (Phi) is 2.93. The molecule has 0 amide bonds. The second-order valence-corrected chi connectivity index (χ2v) is 1.50. The van der Waals surface area contributed by atoms with Gasteiger partial charge >= 0.3 is 6.18 Å². The highest BCUT2D eigenvalue weighted by atomic mass is 19.4. The lowest BCUT2D eigenvalue weighted by Crippen LogP contribution is -2.37. The van der Waals surface area contributed by atoms with Gasteiger partial charge in [0.05, 0.1) is 0 Å². The Bertz CT molecular complexity index is 78.4. The van der Waals surface area contributed by atoms with Gasteiger partial charge in [-0.2, -0.15) is 13.2 Å². The molecular formula is C4H8F3NO. The Labute approximate surface area is 50.8 Å². The van der Waals surface area contributed by atoms with E-state index < -0.39 is 18.8 Å². The summed E-state index contributed by atoms with van der Waals surface area (Å²) < 4.78 is 38.6. The number of rotatable bonds is 2. The molecule has 0 aromatic carbocycles. The van der Waals surface area contributed by atoms with E-state index in [1.165, 1.54) is 0 Å². The summed E-state index contributed by atoms with van der Waals surface area (Å²) in [6.45, 7) is -0.528. The molecule has 1 atom stereocenters. The van der Waals surface area contributed by atoms with Crippen LogP contribution in [0, 0.1) is 0 Å². The predicted molar refractivity (Wildman–Crippen MR) is 25.9 cm³/mol. The van der Waals surface area contributed by atoms with Crippen molar-refractivity contribution < 1.29 is 17.9 Å². The molecule has 0 saturated carbocycles. The summed E-state index contributed by atoms with van der Waals surface area (Å²) in [7, 11) is 0.977. The summed E-state index contributed by atoms with van der Waals surface area (Å²) in [6, 6.07) is 0. The Morgan fingerprint density at radius 2 is 2.00 bits per heavy atom. The number of alkyl halides is 3. The van der Waals surface area contributed by atoms with Crippen molar-refractivity contribution in [3.63, 3.8) is 0 Å². The van der Waals surface area contributed by atoms with Crippen LogP contribution in [-0.2, 0) is 4.74 Å². The molecule has 0 radical (unpaired) electrons. The maximum absolute atomic E-state index is 11.5. The maximum Gasteiger partial charge on any atom is 0.415 e. The zero-order chi connectivity index (χ0) is 7.49. The number of ether oxygens (including phenoxy) is 1. The van der Waals surface area contributed by atoms with Crippen molar-refractivity contribution in [2.75, 3.05) is 13.7 Å². The van der Waals surface area contributed by atoms with Gasteiger partial charge in [0.1, 0.15) is 0 Å². The third-order valence-electron chi connectivity index (χ3n) is 0.864. The molecule has 9 heavy (non-hydrogen) atoms. The minimum atomic E-state index is -4.33. The van der Waals surface area contributed by atoms with E-state index in [1.54, 1.807) is 0 Å².